The third-order valence-corrected chi connectivity index (χ3v) is 2.40. The van der Waals surface area contributed by atoms with E-state index in [2.05, 4.69) is 4.98 Å². The van der Waals surface area contributed by atoms with Crippen molar-refractivity contribution in [2.75, 3.05) is 7.11 Å². The molecule has 1 aromatic heterocycles. The van der Waals surface area contributed by atoms with Gasteiger partial charge in [-0.15, -0.1) is 0 Å². The van der Waals surface area contributed by atoms with Gasteiger partial charge in [-0.2, -0.15) is 0 Å². The fourth-order valence-electron chi connectivity index (χ4n) is 1.16. The molecule has 0 spiro atoms. The van der Waals surface area contributed by atoms with Gasteiger partial charge in [-0.3, -0.25) is 4.79 Å². The molecule has 4 heteroatoms. The minimum absolute atomic E-state index is 0.583. The standard InChI is InChI=1S/C9H9NO.C5H10O2/c1-11-8-2-3-9-7(6-8)4-5-10-9;1-5(2,3)4(6)7/h2-6,10H,1H3;1-3H3,(H,6,7). The highest BCUT2D eigenvalue weighted by molar-refractivity contribution is 5.80. The van der Waals surface area contributed by atoms with Crippen molar-refractivity contribution in [2.45, 2.75) is 20.8 Å². The maximum absolute atomic E-state index is 10.0. The van der Waals surface area contributed by atoms with Crippen molar-refractivity contribution in [3.8, 4) is 5.75 Å². The number of aliphatic carboxylic acids is 1. The summed E-state index contributed by atoms with van der Waals surface area (Å²) in [5, 5.41) is 9.43. The van der Waals surface area contributed by atoms with E-state index in [1.54, 1.807) is 27.9 Å². The first kappa shape index (κ1) is 14.1. The van der Waals surface area contributed by atoms with E-state index in [4.69, 9.17) is 9.84 Å². The third-order valence-electron chi connectivity index (χ3n) is 2.40. The lowest BCUT2D eigenvalue weighted by Crippen LogP contribution is -2.18. The summed E-state index contributed by atoms with van der Waals surface area (Å²) in [7, 11) is 1.67. The minimum atomic E-state index is -0.757. The maximum Gasteiger partial charge on any atom is 0.308 e. The Balaban J connectivity index is 0.000000203. The summed E-state index contributed by atoms with van der Waals surface area (Å²) in [5.74, 6) is 0.143. The van der Waals surface area contributed by atoms with Crippen LogP contribution in [0.15, 0.2) is 30.5 Å². The van der Waals surface area contributed by atoms with Crippen molar-refractivity contribution in [3.05, 3.63) is 30.5 Å². The first-order valence-corrected chi connectivity index (χ1v) is 5.69. The highest BCUT2D eigenvalue weighted by Gasteiger charge is 2.18. The van der Waals surface area contributed by atoms with Crippen molar-refractivity contribution >= 4 is 16.9 Å². The summed E-state index contributed by atoms with van der Waals surface area (Å²) in [6.07, 6.45) is 1.92. The summed E-state index contributed by atoms with van der Waals surface area (Å²) >= 11 is 0. The Morgan fingerprint density at radius 2 is 1.89 bits per heavy atom. The van der Waals surface area contributed by atoms with Gasteiger partial charge in [0.1, 0.15) is 5.75 Å². The number of H-pyrrole nitrogens is 1. The SMILES string of the molecule is CC(C)(C)C(=O)O.COc1ccc2[nH]ccc2c1. The zero-order valence-electron chi connectivity index (χ0n) is 11.2. The highest BCUT2D eigenvalue weighted by atomic mass is 16.5. The van der Waals surface area contributed by atoms with Gasteiger partial charge in [-0.25, -0.2) is 0 Å². The third kappa shape index (κ3) is 3.80. The molecule has 0 amide bonds. The van der Waals surface area contributed by atoms with Gasteiger partial charge in [0.15, 0.2) is 0 Å². The Morgan fingerprint density at radius 1 is 1.28 bits per heavy atom. The molecule has 2 N–H and O–H groups in total. The number of aromatic amines is 1. The van der Waals surface area contributed by atoms with Crippen LogP contribution in [0.2, 0.25) is 0 Å². The molecular formula is C14H19NO3. The number of methoxy groups -OCH3 is 1. The zero-order valence-corrected chi connectivity index (χ0v) is 11.2. The molecular weight excluding hydrogens is 230 g/mol. The molecule has 2 aromatic rings. The van der Waals surface area contributed by atoms with Gasteiger partial charge in [0.25, 0.3) is 0 Å². The van der Waals surface area contributed by atoms with Crippen LogP contribution in [0, 0.1) is 5.41 Å². The summed E-state index contributed by atoms with van der Waals surface area (Å²) in [5.41, 5.74) is 0.561. The van der Waals surface area contributed by atoms with Crippen LogP contribution in [0.1, 0.15) is 20.8 Å². The highest BCUT2D eigenvalue weighted by Crippen LogP contribution is 2.18. The van der Waals surface area contributed by atoms with Crippen LogP contribution in [-0.2, 0) is 4.79 Å². The first-order chi connectivity index (χ1) is 8.34. The van der Waals surface area contributed by atoms with Gasteiger partial charge >= 0.3 is 5.97 Å². The quantitative estimate of drug-likeness (QED) is 0.815. The molecule has 0 aliphatic carbocycles. The van der Waals surface area contributed by atoms with Gasteiger partial charge < -0.3 is 14.8 Å². The first-order valence-electron chi connectivity index (χ1n) is 5.69. The van der Waals surface area contributed by atoms with Gasteiger partial charge in [0.05, 0.1) is 12.5 Å². The number of aromatic nitrogens is 1. The topological polar surface area (TPSA) is 62.3 Å². The van der Waals surface area contributed by atoms with Crippen LogP contribution in [0.25, 0.3) is 10.9 Å². The van der Waals surface area contributed by atoms with Crippen molar-refractivity contribution < 1.29 is 14.6 Å². The van der Waals surface area contributed by atoms with Crippen LogP contribution < -0.4 is 4.74 Å². The van der Waals surface area contributed by atoms with Crippen LogP contribution in [-0.4, -0.2) is 23.2 Å². The summed E-state index contributed by atoms with van der Waals surface area (Å²) < 4.78 is 5.08. The van der Waals surface area contributed by atoms with Crippen LogP contribution in [0.4, 0.5) is 0 Å². The van der Waals surface area contributed by atoms with Gasteiger partial charge in [0.2, 0.25) is 0 Å². The Kier molecular flexibility index (Phi) is 4.37. The number of rotatable bonds is 1. The van der Waals surface area contributed by atoms with Crippen LogP contribution in [0.3, 0.4) is 0 Å². The van der Waals surface area contributed by atoms with Crippen molar-refractivity contribution in [3.63, 3.8) is 0 Å². The fraction of sp³-hybridized carbons (Fsp3) is 0.357. The number of benzene rings is 1. The lowest BCUT2D eigenvalue weighted by molar-refractivity contribution is -0.145. The predicted molar refractivity (Wildman–Crippen MR) is 71.9 cm³/mol. The number of hydrogen-bond acceptors (Lipinski definition) is 2. The number of ether oxygens (including phenoxy) is 1. The van der Waals surface area contributed by atoms with E-state index in [-0.39, 0.29) is 0 Å². The van der Waals surface area contributed by atoms with E-state index in [0.29, 0.717) is 0 Å². The Bertz CT molecular complexity index is 523. The number of carboxylic acids is 1. The largest absolute Gasteiger partial charge is 0.497 e. The van der Waals surface area contributed by atoms with Gasteiger partial charge in [-0.05, 0) is 45.0 Å². The van der Waals surface area contributed by atoms with Gasteiger partial charge in [-0.1, -0.05) is 0 Å². The molecule has 1 aromatic carbocycles. The molecule has 0 radical (unpaired) electrons. The van der Waals surface area contributed by atoms with E-state index in [9.17, 15) is 4.79 Å². The smallest absolute Gasteiger partial charge is 0.308 e. The lowest BCUT2D eigenvalue weighted by atomic mass is 9.98. The van der Waals surface area contributed by atoms with Gasteiger partial charge in [0, 0.05) is 17.1 Å². The molecule has 0 unspecified atom stereocenters. The molecule has 1 heterocycles. The van der Waals surface area contributed by atoms with Crippen molar-refractivity contribution in [1.82, 2.24) is 4.98 Å². The average molecular weight is 249 g/mol. The lowest BCUT2D eigenvalue weighted by Gasteiger charge is -2.08. The molecule has 18 heavy (non-hydrogen) atoms. The molecule has 98 valence electrons. The zero-order chi connectivity index (χ0) is 13.8. The van der Waals surface area contributed by atoms with E-state index in [1.165, 1.54) is 5.39 Å². The van der Waals surface area contributed by atoms with E-state index < -0.39 is 11.4 Å². The van der Waals surface area contributed by atoms with E-state index in [1.807, 2.05) is 30.5 Å². The minimum Gasteiger partial charge on any atom is -0.497 e. The maximum atomic E-state index is 10.0. The summed E-state index contributed by atoms with van der Waals surface area (Å²) in [6.45, 7) is 4.99. The van der Waals surface area contributed by atoms with Crippen molar-refractivity contribution in [1.29, 1.82) is 0 Å². The Labute approximate surface area is 107 Å². The van der Waals surface area contributed by atoms with E-state index >= 15 is 0 Å². The Hall–Kier alpha value is -1.97. The number of nitrogens with one attached hydrogen (secondary N) is 1. The number of fused-ring (bicyclic) bond motifs is 1. The van der Waals surface area contributed by atoms with Crippen LogP contribution >= 0.6 is 0 Å². The normalized spacial score (nSPS) is 10.7. The molecule has 4 nitrogen and oxygen atoms in total. The molecule has 0 saturated carbocycles. The number of carboxylic acid groups (broad SMARTS) is 1. The molecule has 0 bridgehead atoms. The second-order valence-electron chi connectivity index (χ2n) is 4.99. The summed E-state index contributed by atoms with van der Waals surface area (Å²) in [6, 6.07) is 7.98. The average Bonchev–Trinajstić information content (AvgIpc) is 2.75. The monoisotopic (exact) mass is 249 g/mol. The molecule has 0 atom stereocenters. The molecule has 0 saturated heterocycles. The summed E-state index contributed by atoms with van der Waals surface area (Å²) in [4.78, 5) is 13.1. The van der Waals surface area contributed by atoms with Crippen LogP contribution in [0.5, 0.6) is 5.75 Å². The Morgan fingerprint density at radius 3 is 2.39 bits per heavy atom. The molecule has 0 aliphatic heterocycles. The molecule has 0 fully saturated rings. The number of hydrogen-bond donors (Lipinski definition) is 2. The van der Waals surface area contributed by atoms with Crippen molar-refractivity contribution in [2.24, 2.45) is 5.41 Å². The predicted octanol–water partition coefficient (Wildman–Crippen LogP) is 3.29. The molecule has 0 aliphatic rings. The fourth-order valence-corrected chi connectivity index (χ4v) is 1.16. The second-order valence-corrected chi connectivity index (χ2v) is 4.99. The van der Waals surface area contributed by atoms with E-state index in [0.717, 1.165) is 11.3 Å². The molecule has 2 rings (SSSR count). The second kappa shape index (κ2) is 5.58. The number of carbonyl (C=O) groups is 1.